The number of nitrogens with zero attached hydrogens (tertiary/aromatic N) is 9. The normalized spacial score (nSPS) is 29.1. The van der Waals surface area contributed by atoms with Crippen molar-refractivity contribution < 1.29 is 109 Å². The maximum atomic E-state index is 13.4. The van der Waals surface area contributed by atoms with Gasteiger partial charge in [-0.25, -0.2) is 28.8 Å². The number of carbonyl (C=O) groups is 12. The van der Waals surface area contributed by atoms with Gasteiger partial charge in [0.05, 0.1) is 121 Å². The quantitative estimate of drug-likeness (QED) is 0.0952. The lowest BCUT2D eigenvalue weighted by Crippen LogP contribution is -2.75. The van der Waals surface area contributed by atoms with Crippen LogP contribution in [0.2, 0.25) is 15.1 Å². The van der Waals surface area contributed by atoms with Crippen LogP contribution in [-0.2, 0) is 85.9 Å². The monoisotopic (exact) mass is 1570 g/mol. The van der Waals surface area contributed by atoms with E-state index < -0.39 is 137 Å². The Kier molecular flexibility index (Phi) is 17.8. The van der Waals surface area contributed by atoms with Crippen LogP contribution in [0.4, 0.5) is 63.3 Å². The molecule has 3 aromatic heterocycles. The molecule has 3 spiro atoms. The lowest BCUT2D eigenvalue weighted by Gasteiger charge is -2.55. The SMILES string of the molecule is COC[C@@H]1CN(c2noc3c(Cl)c4c(cc23)CC2(C(=O)NC(=O)NC2=O)[C@H]2[C@H](C)O[C@H](C)CN42)C(=O)O1.COC[C@H]1CN(c2noc3c(Cl)c4c(cc23)CC2(C(=O)NC(=O)NC2=O)[C@H]2[C@H](C)O[C@H](C)CN42)C(=O)O1.C[C@@H]1CN(c2noc3c(Cl)c4c(cc23)CC2(C(=O)NC(=O)NC2=O)[C@H]2[C@H](C)O[C@H](C)CN42)C(=O)O1. The number of carbonyl (C=O) groups excluding carboxylic acids is 12. The highest BCUT2D eigenvalue weighted by Gasteiger charge is 2.67. The van der Waals surface area contributed by atoms with Crippen LogP contribution in [-0.4, -0.2) is 227 Å². The molecular formula is C68H70Cl3N15O23. The van der Waals surface area contributed by atoms with Crippen molar-refractivity contribution in [3.63, 3.8) is 0 Å². The Balaban J connectivity index is 0.000000125. The molecule has 6 N–H and O–H groups in total. The number of aromatic nitrogens is 3. The van der Waals surface area contributed by atoms with Crippen LogP contribution >= 0.6 is 34.8 Å². The molecule has 3 aromatic carbocycles. The maximum Gasteiger partial charge on any atom is 0.416 e. The molecule has 15 amide bonds. The van der Waals surface area contributed by atoms with Gasteiger partial charge in [0, 0.05) is 33.9 Å². The van der Waals surface area contributed by atoms with Gasteiger partial charge in [-0.3, -0.25) is 75.4 Å². The Morgan fingerprint density at radius 3 is 0.945 bits per heavy atom. The number of fused-ring (bicyclic) bond motifs is 15. The van der Waals surface area contributed by atoms with Crippen LogP contribution in [0, 0.1) is 16.2 Å². The summed E-state index contributed by atoms with van der Waals surface area (Å²) in [4.78, 5) is 163. The van der Waals surface area contributed by atoms with Gasteiger partial charge in [0.1, 0.15) is 33.4 Å². The minimum atomic E-state index is -1.66. The van der Waals surface area contributed by atoms with Gasteiger partial charge in [-0.2, -0.15) is 0 Å². The minimum Gasteiger partial charge on any atom is -0.444 e. The van der Waals surface area contributed by atoms with E-state index in [9.17, 15) is 57.5 Å². The summed E-state index contributed by atoms with van der Waals surface area (Å²) in [6.45, 7) is 14.9. The smallest absolute Gasteiger partial charge is 0.416 e. The largest absolute Gasteiger partial charge is 0.444 e. The number of benzene rings is 3. The average Bonchev–Trinajstić information content (AvgIpc) is 1.54. The fraction of sp³-hybridized carbons (Fsp3) is 0.515. The minimum absolute atomic E-state index is 0.0440. The summed E-state index contributed by atoms with van der Waals surface area (Å²) in [5, 5.41) is 27.9. The molecular weight excluding hydrogens is 1500 g/mol. The molecule has 0 unspecified atom stereocenters. The number of amides is 15. The Morgan fingerprint density at radius 1 is 0.404 bits per heavy atom. The first-order chi connectivity index (χ1) is 51.9. The lowest BCUT2D eigenvalue weighted by atomic mass is 9.66. The third kappa shape index (κ3) is 11.1. The van der Waals surface area contributed by atoms with E-state index in [0.29, 0.717) is 69.5 Å². The number of nitrogens with one attached hydrogen (secondary N) is 6. The third-order valence-electron chi connectivity index (χ3n) is 22.0. The molecule has 15 heterocycles. The molecule has 0 bridgehead atoms. The molecule has 12 aliphatic heterocycles. The standard InChI is InChI=1S/2C23H24ClN5O8.C22H22ClN5O7/c2*1-9-6-28-15-11(5-23(17(28)10(2)35-9)19(30)25-21(32)26-20(23)31)4-13-16(14(15)24)37-27-18(13)29-7-12(8-34-3)36-22(29)33;1-8-6-27-14-11(5-22(16(27)10(3)33-8)18(29)24-20(31)25-19(22)30)4-12-15(13(14)23)35-26-17(12)28-7-9(2)34-21(28)32/h2*4,9-10,12,17H,5-8H2,1-3H3,(H2,25,26,30,31,32);4,8-10,16H,5-7H2,1-3H3,(H2,24,25,29,30,31)/t9-,10+,12+,17-;9-,10+,12-,17-;8-,9-,10+,16-/m111/s1. The molecule has 18 rings (SSSR count). The van der Waals surface area contributed by atoms with Crippen LogP contribution in [0.5, 0.6) is 0 Å². The summed E-state index contributed by atoms with van der Waals surface area (Å²) in [6.07, 6.45) is -5.55. The molecule has 109 heavy (non-hydrogen) atoms. The molecule has 6 aromatic rings. The summed E-state index contributed by atoms with van der Waals surface area (Å²) in [7, 11) is 3.02. The van der Waals surface area contributed by atoms with Crippen molar-refractivity contribution in [2.45, 2.75) is 141 Å². The van der Waals surface area contributed by atoms with Crippen LogP contribution < -0.4 is 61.3 Å². The van der Waals surface area contributed by atoms with Gasteiger partial charge >= 0.3 is 36.4 Å². The number of anilines is 6. The summed E-state index contributed by atoms with van der Waals surface area (Å²) < 4.78 is 61.0. The van der Waals surface area contributed by atoms with Crippen LogP contribution in [0.3, 0.4) is 0 Å². The van der Waals surface area contributed by atoms with Crippen molar-refractivity contribution in [3.8, 4) is 0 Å². The number of cyclic esters (lactones) is 3. The molecule has 12 atom stereocenters. The lowest BCUT2D eigenvalue weighted by molar-refractivity contribution is -0.154. The molecule has 0 radical (unpaired) electrons. The molecule has 41 heteroatoms. The number of halogens is 3. The van der Waals surface area contributed by atoms with E-state index in [1.165, 1.54) is 28.9 Å². The van der Waals surface area contributed by atoms with E-state index in [4.69, 9.17) is 86.3 Å². The fourth-order valence-corrected chi connectivity index (χ4v) is 19.2. The first-order valence-electron chi connectivity index (χ1n) is 34.9. The number of hydrogen-bond donors (Lipinski definition) is 6. The zero-order valence-electron chi connectivity index (χ0n) is 59.5. The summed E-state index contributed by atoms with van der Waals surface area (Å²) in [6, 6.07) is 0.349. The van der Waals surface area contributed by atoms with Crippen molar-refractivity contribution >= 4 is 174 Å². The highest BCUT2D eigenvalue weighted by Crippen LogP contribution is 2.56. The average molecular weight is 1570 g/mol. The van der Waals surface area contributed by atoms with Crippen molar-refractivity contribution in [2.75, 3.05) is 96.1 Å². The Hall–Kier alpha value is -10.2. The van der Waals surface area contributed by atoms with Crippen molar-refractivity contribution in [3.05, 3.63) is 50.0 Å². The second-order valence-corrected chi connectivity index (χ2v) is 30.2. The first kappa shape index (κ1) is 73.0. The van der Waals surface area contributed by atoms with Gasteiger partial charge in [0.2, 0.25) is 35.4 Å². The third-order valence-corrected chi connectivity index (χ3v) is 23.1. The van der Waals surface area contributed by atoms with Gasteiger partial charge in [-0.15, -0.1) is 0 Å². The Morgan fingerprint density at radius 2 is 0.679 bits per heavy atom. The molecule has 9 saturated heterocycles. The maximum absolute atomic E-state index is 13.4. The van der Waals surface area contributed by atoms with E-state index in [0.717, 1.165) is 0 Å². The molecule has 12 aliphatic rings. The van der Waals surface area contributed by atoms with E-state index in [1.807, 2.05) is 35.5 Å². The van der Waals surface area contributed by atoms with Crippen molar-refractivity contribution in [2.24, 2.45) is 16.2 Å². The second-order valence-electron chi connectivity index (χ2n) is 29.1. The predicted octanol–water partition coefficient (Wildman–Crippen LogP) is 4.40. The number of morpholine rings is 3. The Bertz CT molecular complexity index is 4750. The van der Waals surface area contributed by atoms with E-state index in [2.05, 4.69) is 47.4 Å². The fourth-order valence-electron chi connectivity index (χ4n) is 18.1. The summed E-state index contributed by atoms with van der Waals surface area (Å²) >= 11 is 20.7. The predicted molar refractivity (Wildman–Crippen MR) is 376 cm³/mol. The second kappa shape index (κ2) is 26.5. The van der Waals surface area contributed by atoms with Crippen LogP contribution in [0.1, 0.15) is 65.2 Å². The Labute approximate surface area is 630 Å². The zero-order chi connectivity index (χ0) is 77.3. The summed E-state index contributed by atoms with van der Waals surface area (Å²) in [5.41, 5.74) is -0.658. The van der Waals surface area contributed by atoms with Gasteiger partial charge < -0.3 is 66.2 Å². The van der Waals surface area contributed by atoms with E-state index in [1.54, 1.807) is 45.9 Å². The van der Waals surface area contributed by atoms with E-state index in [-0.39, 0.29) is 126 Å². The van der Waals surface area contributed by atoms with E-state index >= 15 is 0 Å². The summed E-state index contributed by atoms with van der Waals surface area (Å²) in [5.74, 6) is -3.58. The number of barbiturate groups is 3. The highest BCUT2D eigenvalue weighted by molar-refractivity contribution is 6.40. The molecule has 9 fully saturated rings. The van der Waals surface area contributed by atoms with Crippen LogP contribution in [0.15, 0.2) is 31.8 Å². The molecule has 38 nitrogen and oxygen atoms in total. The zero-order valence-corrected chi connectivity index (χ0v) is 61.8. The van der Waals surface area contributed by atoms with Gasteiger partial charge in [0.25, 0.3) is 0 Å². The van der Waals surface area contributed by atoms with Crippen molar-refractivity contribution in [1.29, 1.82) is 0 Å². The number of methoxy groups -OCH3 is 2. The van der Waals surface area contributed by atoms with Crippen LogP contribution in [0.25, 0.3) is 32.9 Å². The van der Waals surface area contributed by atoms with Gasteiger partial charge in [0.15, 0.2) is 50.4 Å². The highest BCUT2D eigenvalue weighted by atomic mass is 35.5. The number of urea groups is 3. The number of hydrogen-bond acceptors (Lipinski definition) is 29. The van der Waals surface area contributed by atoms with Crippen molar-refractivity contribution in [1.82, 2.24) is 47.4 Å². The number of imide groups is 6. The number of rotatable bonds is 7. The number of ether oxygens (including phenoxy) is 8. The van der Waals surface area contributed by atoms with Gasteiger partial charge in [-0.1, -0.05) is 50.3 Å². The molecule has 576 valence electrons. The topological polar surface area (TPSA) is 448 Å². The van der Waals surface area contributed by atoms with Gasteiger partial charge in [-0.05, 0) is 103 Å². The molecule has 0 aliphatic carbocycles. The first-order valence-corrected chi connectivity index (χ1v) is 36.1. The molecule has 0 saturated carbocycles.